The zero-order chi connectivity index (χ0) is 6.10. The largest absolute Gasteiger partial charge is 0.177 e. The summed E-state index contributed by atoms with van der Waals surface area (Å²) in [7, 11) is 0. The summed E-state index contributed by atoms with van der Waals surface area (Å²) in [4.78, 5) is 0. The first-order valence-electron chi connectivity index (χ1n) is 2.92. The van der Waals surface area contributed by atoms with Crippen molar-refractivity contribution in [3.63, 3.8) is 0 Å². The molecule has 2 rings (SSSR count). The minimum absolute atomic E-state index is 0.218. The van der Waals surface area contributed by atoms with Crippen molar-refractivity contribution in [3.05, 3.63) is 36.1 Å². The Morgan fingerprint density at radius 3 is 3.22 bits per heavy atom. The molecular weight excluding hydrogens is 112 g/mol. The van der Waals surface area contributed by atoms with Gasteiger partial charge in [0, 0.05) is 5.57 Å². The molecule has 1 unspecified atom stereocenters. The number of azo groups is 1. The summed E-state index contributed by atoms with van der Waals surface area (Å²) in [6.07, 6.45) is 9.85. The Kier molecular flexibility index (Phi) is 0.859. The minimum Gasteiger partial charge on any atom is -0.177 e. The summed E-state index contributed by atoms with van der Waals surface area (Å²) >= 11 is 0. The van der Waals surface area contributed by atoms with Gasteiger partial charge in [0.05, 0.1) is 6.20 Å². The van der Waals surface area contributed by atoms with E-state index in [0.29, 0.717) is 0 Å². The van der Waals surface area contributed by atoms with Crippen LogP contribution in [0.2, 0.25) is 0 Å². The van der Waals surface area contributed by atoms with Crippen molar-refractivity contribution >= 4 is 0 Å². The van der Waals surface area contributed by atoms with Crippen molar-refractivity contribution in [3.8, 4) is 0 Å². The highest BCUT2D eigenvalue weighted by Crippen LogP contribution is 2.19. The Morgan fingerprint density at radius 2 is 2.33 bits per heavy atom. The van der Waals surface area contributed by atoms with Gasteiger partial charge in [0.1, 0.15) is 6.04 Å². The summed E-state index contributed by atoms with van der Waals surface area (Å²) in [5.74, 6) is 0. The van der Waals surface area contributed by atoms with Gasteiger partial charge in [-0.25, -0.2) is 0 Å². The Balaban J connectivity index is 2.40. The molecule has 0 saturated heterocycles. The van der Waals surface area contributed by atoms with Gasteiger partial charge in [-0.3, -0.25) is 0 Å². The van der Waals surface area contributed by atoms with E-state index in [1.54, 1.807) is 6.20 Å². The average Bonchev–Trinajstić information content (AvgIpc) is 2.33. The molecule has 0 aromatic rings. The number of hydrogen-bond acceptors (Lipinski definition) is 2. The second kappa shape index (κ2) is 1.65. The number of rotatable bonds is 0. The van der Waals surface area contributed by atoms with E-state index in [1.165, 1.54) is 5.57 Å². The molecule has 0 radical (unpaired) electrons. The number of allylic oxidation sites excluding steroid dienone is 2. The van der Waals surface area contributed by atoms with Crippen molar-refractivity contribution in [1.29, 1.82) is 0 Å². The zero-order valence-corrected chi connectivity index (χ0v) is 4.86. The van der Waals surface area contributed by atoms with Crippen LogP contribution in [0.4, 0.5) is 0 Å². The third-order valence-corrected chi connectivity index (χ3v) is 1.43. The van der Waals surface area contributed by atoms with Gasteiger partial charge in [-0.15, -0.1) is 0 Å². The van der Waals surface area contributed by atoms with Gasteiger partial charge >= 0.3 is 0 Å². The van der Waals surface area contributed by atoms with Gasteiger partial charge < -0.3 is 0 Å². The molecule has 1 aliphatic carbocycles. The van der Waals surface area contributed by atoms with Gasteiger partial charge in [0.25, 0.3) is 0 Å². The molecule has 0 saturated carbocycles. The summed E-state index contributed by atoms with van der Waals surface area (Å²) < 4.78 is 0. The van der Waals surface area contributed by atoms with Crippen LogP contribution >= 0.6 is 0 Å². The monoisotopic (exact) mass is 118 g/mol. The third-order valence-electron chi connectivity index (χ3n) is 1.43. The molecule has 9 heavy (non-hydrogen) atoms. The summed E-state index contributed by atoms with van der Waals surface area (Å²) in [6.45, 7) is 0. The molecule has 2 nitrogen and oxygen atoms in total. The Labute approximate surface area is 53.3 Å². The predicted octanol–water partition coefficient (Wildman–Crippen LogP) is 1.83. The molecule has 0 spiro atoms. The zero-order valence-electron chi connectivity index (χ0n) is 4.86. The second-order valence-electron chi connectivity index (χ2n) is 2.05. The fourth-order valence-electron chi connectivity index (χ4n) is 0.942. The van der Waals surface area contributed by atoms with Crippen molar-refractivity contribution in [2.45, 2.75) is 6.04 Å². The van der Waals surface area contributed by atoms with E-state index in [-0.39, 0.29) is 6.04 Å². The first-order chi connectivity index (χ1) is 4.47. The molecule has 2 aliphatic rings. The molecule has 0 fully saturated rings. The van der Waals surface area contributed by atoms with Crippen LogP contribution in [0.3, 0.4) is 0 Å². The molecule has 0 bridgehead atoms. The molecule has 44 valence electrons. The predicted molar refractivity (Wildman–Crippen MR) is 35.0 cm³/mol. The van der Waals surface area contributed by atoms with E-state index in [4.69, 9.17) is 0 Å². The highest BCUT2D eigenvalue weighted by Gasteiger charge is 2.12. The van der Waals surface area contributed by atoms with Gasteiger partial charge in [-0.2, -0.15) is 10.2 Å². The van der Waals surface area contributed by atoms with Crippen LogP contribution in [0.1, 0.15) is 0 Å². The van der Waals surface area contributed by atoms with Gasteiger partial charge in [0.2, 0.25) is 0 Å². The Morgan fingerprint density at radius 1 is 1.33 bits per heavy atom. The van der Waals surface area contributed by atoms with Crippen LogP contribution in [0, 0.1) is 0 Å². The Bertz CT molecular complexity index is 233. The molecular formula is C7H6N2. The first kappa shape index (κ1) is 4.68. The molecule has 0 amide bonds. The van der Waals surface area contributed by atoms with Crippen LogP contribution < -0.4 is 0 Å². The van der Waals surface area contributed by atoms with E-state index in [2.05, 4.69) is 10.2 Å². The lowest BCUT2D eigenvalue weighted by molar-refractivity contribution is 0.945. The SMILES string of the molecule is C1=CC2=CN=NC2C=C1. The van der Waals surface area contributed by atoms with Crippen LogP contribution in [-0.4, -0.2) is 6.04 Å². The first-order valence-corrected chi connectivity index (χ1v) is 2.92. The topological polar surface area (TPSA) is 24.7 Å². The molecule has 0 aromatic heterocycles. The smallest absolute Gasteiger partial charge is 0.116 e. The van der Waals surface area contributed by atoms with E-state index >= 15 is 0 Å². The number of fused-ring (bicyclic) bond motifs is 1. The van der Waals surface area contributed by atoms with E-state index in [1.807, 2.05) is 24.3 Å². The van der Waals surface area contributed by atoms with Crippen LogP contribution in [0.5, 0.6) is 0 Å². The summed E-state index contributed by atoms with van der Waals surface area (Å²) in [5, 5.41) is 7.74. The average molecular weight is 118 g/mol. The van der Waals surface area contributed by atoms with Gasteiger partial charge in [-0.05, 0) is 0 Å². The molecule has 1 aliphatic heterocycles. The number of hydrogen-bond donors (Lipinski definition) is 0. The van der Waals surface area contributed by atoms with Crippen molar-refractivity contribution in [2.24, 2.45) is 10.2 Å². The lowest BCUT2D eigenvalue weighted by atomic mass is 10.1. The van der Waals surface area contributed by atoms with Crippen molar-refractivity contribution in [2.75, 3.05) is 0 Å². The Hall–Kier alpha value is -1.18. The maximum atomic E-state index is 3.95. The summed E-state index contributed by atoms with van der Waals surface area (Å²) in [6, 6.07) is 0.218. The van der Waals surface area contributed by atoms with Crippen molar-refractivity contribution in [1.82, 2.24) is 0 Å². The highest BCUT2D eigenvalue weighted by molar-refractivity contribution is 5.37. The molecule has 2 heteroatoms. The van der Waals surface area contributed by atoms with E-state index < -0.39 is 0 Å². The lowest BCUT2D eigenvalue weighted by Crippen LogP contribution is -2.00. The van der Waals surface area contributed by atoms with E-state index in [9.17, 15) is 0 Å². The third kappa shape index (κ3) is 0.633. The molecule has 1 atom stereocenters. The van der Waals surface area contributed by atoms with Gasteiger partial charge in [-0.1, -0.05) is 24.3 Å². The fraction of sp³-hybridized carbons (Fsp3) is 0.143. The standard InChI is InChI=1S/C7H6N2/c1-2-4-7-6(3-1)5-8-9-7/h1-5,7H. The van der Waals surface area contributed by atoms with Crippen LogP contribution in [-0.2, 0) is 0 Å². The van der Waals surface area contributed by atoms with Crippen LogP contribution in [0.25, 0.3) is 0 Å². The van der Waals surface area contributed by atoms with Crippen LogP contribution in [0.15, 0.2) is 46.3 Å². The van der Waals surface area contributed by atoms with E-state index in [0.717, 1.165) is 0 Å². The summed E-state index contributed by atoms with van der Waals surface area (Å²) in [5.41, 5.74) is 1.19. The maximum absolute atomic E-state index is 3.95. The normalized spacial score (nSPS) is 28.4. The second-order valence-corrected chi connectivity index (χ2v) is 2.05. The fourth-order valence-corrected chi connectivity index (χ4v) is 0.942. The molecule has 0 N–H and O–H groups in total. The lowest BCUT2D eigenvalue weighted by Gasteiger charge is -2.03. The molecule has 1 heterocycles. The van der Waals surface area contributed by atoms with Gasteiger partial charge in [0.15, 0.2) is 0 Å². The maximum Gasteiger partial charge on any atom is 0.116 e. The molecule has 0 aromatic carbocycles. The number of nitrogens with zero attached hydrogens (tertiary/aromatic N) is 2. The highest BCUT2D eigenvalue weighted by atomic mass is 15.1. The minimum atomic E-state index is 0.218. The van der Waals surface area contributed by atoms with Crippen molar-refractivity contribution < 1.29 is 0 Å². The quantitative estimate of drug-likeness (QED) is 0.463.